The third-order valence-corrected chi connectivity index (χ3v) is 5.08. The van der Waals surface area contributed by atoms with Crippen molar-refractivity contribution < 1.29 is 33.0 Å². The molecule has 5 N–H and O–H groups in total. The standard InChI is InChI=1S/C20H23N2O7P/c1-13(2)20(22,19(25)27-12-14-7-4-3-5-8-14)29-30(26)28-17(18(23)24)15-9-6-10-16(21)11-15/h3-11,13,17H,12,21-22H2,1-2H3/p+1. The first-order valence-corrected chi connectivity index (χ1v) is 10.1. The van der Waals surface area contributed by atoms with Gasteiger partial charge in [-0.1, -0.05) is 65.4 Å². The highest BCUT2D eigenvalue weighted by Gasteiger charge is 2.51. The molecule has 0 spiro atoms. The lowest BCUT2D eigenvalue weighted by Crippen LogP contribution is -2.54. The van der Waals surface area contributed by atoms with E-state index in [0.29, 0.717) is 5.69 Å². The Morgan fingerprint density at radius 3 is 2.37 bits per heavy atom. The van der Waals surface area contributed by atoms with Crippen LogP contribution in [0.1, 0.15) is 31.1 Å². The molecule has 0 saturated heterocycles. The highest BCUT2D eigenvalue weighted by Crippen LogP contribution is 2.39. The number of carbonyl (C=O) groups excluding carboxylic acids is 1. The fraction of sp³-hybridized carbons (Fsp3) is 0.300. The van der Waals surface area contributed by atoms with Crippen LogP contribution in [0.15, 0.2) is 54.6 Å². The molecule has 0 fully saturated rings. The number of carboxylic acids is 1. The summed E-state index contributed by atoms with van der Waals surface area (Å²) in [5.74, 6) is -3.02. The highest BCUT2D eigenvalue weighted by atomic mass is 31.1. The van der Waals surface area contributed by atoms with Gasteiger partial charge in [-0.2, -0.15) is 0 Å². The average molecular weight is 435 g/mol. The minimum Gasteiger partial charge on any atom is -0.479 e. The minimum atomic E-state index is -3.10. The van der Waals surface area contributed by atoms with Crippen molar-refractivity contribution in [1.29, 1.82) is 0 Å². The summed E-state index contributed by atoms with van der Waals surface area (Å²) < 4.78 is 27.9. The van der Waals surface area contributed by atoms with Crippen molar-refractivity contribution in [2.24, 2.45) is 11.7 Å². The molecule has 2 aromatic rings. The number of carbonyl (C=O) groups is 2. The molecule has 30 heavy (non-hydrogen) atoms. The first kappa shape index (κ1) is 23.4. The Balaban J connectivity index is 2.10. The van der Waals surface area contributed by atoms with Gasteiger partial charge in [0.2, 0.25) is 6.10 Å². The third kappa shape index (κ3) is 6.08. The molecule has 0 aliphatic carbocycles. The third-order valence-electron chi connectivity index (χ3n) is 4.24. The lowest BCUT2D eigenvalue weighted by molar-refractivity contribution is -0.168. The molecule has 3 unspecified atom stereocenters. The quantitative estimate of drug-likeness (QED) is 0.221. The zero-order valence-electron chi connectivity index (χ0n) is 16.6. The van der Waals surface area contributed by atoms with Crippen molar-refractivity contribution >= 4 is 25.9 Å². The first-order chi connectivity index (χ1) is 14.1. The van der Waals surface area contributed by atoms with Gasteiger partial charge in [-0.15, -0.1) is 0 Å². The Morgan fingerprint density at radius 2 is 1.80 bits per heavy atom. The van der Waals surface area contributed by atoms with Crippen LogP contribution in [0.5, 0.6) is 0 Å². The van der Waals surface area contributed by atoms with E-state index in [1.54, 1.807) is 44.2 Å². The number of esters is 1. The number of ether oxygens (including phenoxy) is 1. The topological polar surface area (TPSA) is 151 Å². The number of hydrogen-bond donors (Lipinski definition) is 3. The van der Waals surface area contributed by atoms with E-state index < -0.39 is 37.9 Å². The Hall–Kier alpha value is -2.84. The lowest BCUT2D eigenvalue weighted by atomic mass is 10.0. The Bertz CT molecular complexity index is 907. The van der Waals surface area contributed by atoms with E-state index >= 15 is 0 Å². The zero-order chi connectivity index (χ0) is 22.3. The van der Waals surface area contributed by atoms with Crippen molar-refractivity contribution in [2.75, 3.05) is 5.73 Å². The SMILES string of the molecule is CC(C)C(N)(O[P+](=O)OC(C(=O)O)c1cccc(N)c1)C(=O)OCc1ccccc1. The van der Waals surface area contributed by atoms with Gasteiger partial charge in [-0.05, 0) is 23.3 Å². The predicted octanol–water partition coefficient (Wildman–Crippen LogP) is 3.14. The molecule has 0 heterocycles. The highest BCUT2D eigenvalue weighted by molar-refractivity contribution is 7.33. The van der Waals surface area contributed by atoms with Gasteiger partial charge in [0.1, 0.15) is 6.61 Å². The van der Waals surface area contributed by atoms with Gasteiger partial charge in [-0.25, -0.2) is 9.59 Å². The van der Waals surface area contributed by atoms with Crippen LogP contribution in [0.25, 0.3) is 0 Å². The van der Waals surface area contributed by atoms with Crippen LogP contribution in [0, 0.1) is 5.92 Å². The van der Waals surface area contributed by atoms with Crippen molar-refractivity contribution in [2.45, 2.75) is 32.3 Å². The van der Waals surface area contributed by atoms with Crippen LogP contribution < -0.4 is 11.5 Å². The van der Waals surface area contributed by atoms with Crippen LogP contribution in [0.2, 0.25) is 0 Å². The van der Waals surface area contributed by atoms with Crippen molar-refractivity contribution in [3.05, 3.63) is 65.7 Å². The maximum absolute atomic E-state index is 12.6. The molecule has 0 amide bonds. The van der Waals surface area contributed by atoms with Gasteiger partial charge in [-0.3, -0.25) is 5.73 Å². The fourth-order valence-electron chi connectivity index (χ4n) is 2.42. The molecule has 2 aromatic carbocycles. The molecule has 9 nitrogen and oxygen atoms in total. The number of benzene rings is 2. The molecule has 0 saturated carbocycles. The average Bonchev–Trinajstić information content (AvgIpc) is 2.70. The molecule has 0 bridgehead atoms. The summed E-state index contributed by atoms with van der Waals surface area (Å²) in [5, 5.41) is 9.42. The number of anilines is 1. The number of nitrogens with two attached hydrogens (primary N) is 2. The zero-order valence-corrected chi connectivity index (χ0v) is 17.5. The molecule has 0 aliphatic heterocycles. The minimum absolute atomic E-state index is 0.0621. The Morgan fingerprint density at radius 1 is 1.13 bits per heavy atom. The second-order valence-corrected chi connectivity index (χ2v) is 7.66. The number of nitrogen functional groups attached to an aromatic ring is 1. The number of carboxylic acid groups (broad SMARTS) is 1. The fourth-order valence-corrected chi connectivity index (χ4v) is 3.37. The van der Waals surface area contributed by atoms with Crippen LogP contribution in [-0.4, -0.2) is 22.8 Å². The summed E-state index contributed by atoms with van der Waals surface area (Å²) in [4.78, 5) is 24.1. The molecule has 2 rings (SSSR count). The lowest BCUT2D eigenvalue weighted by Gasteiger charge is -2.24. The van der Waals surface area contributed by atoms with Gasteiger partial charge in [0.15, 0.2) is 0 Å². The maximum atomic E-state index is 12.6. The first-order valence-electron chi connectivity index (χ1n) is 9.05. The Labute approximate surface area is 174 Å². The monoisotopic (exact) mass is 435 g/mol. The molecular formula is C20H24N2O7P+. The summed E-state index contributed by atoms with van der Waals surface area (Å²) in [6.45, 7) is 3.08. The Kier molecular flexibility index (Phi) is 8.02. The van der Waals surface area contributed by atoms with Crippen LogP contribution >= 0.6 is 8.25 Å². The van der Waals surface area contributed by atoms with Crippen molar-refractivity contribution in [3.8, 4) is 0 Å². The van der Waals surface area contributed by atoms with Gasteiger partial charge >= 0.3 is 20.2 Å². The van der Waals surface area contributed by atoms with E-state index in [2.05, 4.69) is 0 Å². The summed E-state index contributed by atoms with van der Waals surface area (Å²) in [6, 6.07) is 14.8. The van der Waals surface area contributed by atoms with Crippen LogP contribution in [-0.2, 0) is 34.5 Å². The second kappa shape index (κ2) is 10.3. The van der Waals surface area contributed by atoms with E-state index in [1.165, 1.54) is 18.2 Å². The predicted molar refractivity (Wildman–Crippen MR) is 109 cm³/mol. The number of aliphatic carboxylic acids is 1. The van der Waals surface area contributed by atoms with E-state index in [1.807, 2.05) is 6.07 Å². The largest absolute Gasteiger partial charge is 0.701 e. The summed E-state index contributed by atoms with van der Waals surface area (Å²) >= 11 is 0. The van der Waals surface area contributed by atoms with Crippen molar-refractivity contribution in [3.63, 3.8) is 0 Å². The summed E-state index contributed by atoms with van der Waals surface area (Å²) in [6.07, 6.45) is -1.63. The van der Waals surface area contributed by atoms with Crippen LogP contribution in [0.3, 0.4) is 0 Å². The smallest absolute Gasteiger partial charge is 0.479 e. The molecule has 3 atom stereocenters. The second-order valence-electron chi connectivity index (χ2n) is 6.82. The van der Waals surface area contributed by atoms with Gasteiger partial charge < -0.3 is 15.6 Å². The number of rotatable bonds is 10. The van der Waals surface area contributed by atoms with Gasteiger partial charge in [0.05, 0.1) is 0 Å². The molecule has 0 aromatic heterocycles. The number of hydrogen-bond acceptors (Lipinski definition) is 8. The summed E-state index contributed by atoms with van der Waals surface area (Å²) in [5.41, 5.74) is 10.8. The molecule has 160 valence electrons. The van der Waals surface area contributed by atoms with E-state index in [-0.39, 0.29) is 12.2 Å². The molecule has 10 heteroatoms. The normalized spacial score (nSPS) is 14.6. The molecule has 0 radical (unpaired) electrons. The van der Waals surface area contributed by atoms with Gasteiger partial charge in [0, 0.05) is 16.2 Å². The molecule has 0 aliphatic rings. The van der Waals surface area contributed by atoms with Gasteiger partial charge in [0.25, 0.3) is 5.72 Å². The van der Waals surface area contributed by atoms with Crippen LogP contribution in [0.4, 0.5) is 5.69 Å². The van der Waals surface area contributed by atoms with E-state index in [0.717, 1.165) is 5.56 Å². The maximum Gasteiger partial charge on any atom is 0.701 e. The van der Waals surface area contributed by atoms with E-state index in [4.69, 9.17) is 25.3 Å². The summed E-state index contributed by atoms with van der Waals surface area (Å²) in [7, 11) is -3.10. The van der Waals surface area contributed by atoms with Crippen molar-refractivity contribution in [1.82, 2.24) is 0 Å². The molecular weight excluding hydrogens is 411 g/mol. The van der Waals surface area contributed by atoms with E-state index in [9.17, 15) is 19.3 Å².